The molecule has 2 unspecified atom stereocenters. The molecule has 0 aliphatic carbocycles. The lowest BCUT2D eigenvalue weighted by Crippen LogP contribution is -2.42. The lowest BCUT2D eigenvalue weighted by molar-refractivity contribution is -0.140. The first-order valence-electron chi connectivity index (χ1n) is 13.7. The van der Waals surface area contributed by atoms with Crippen molar-refractivity contribution < 1.29 is 39.2 Å². The summed E-state index contributed by atoms with van der Waals surface area (Å²) in [5.74, 6) is -0.606. The summed E-state index contributed by atoms with van der Waals surface area (Å²) in [6.07, 6.45) is 9.75. The van der Waals surface area contributed by atoms with Gasteiger partial charge in [0.25, 0.3) is 0 Å². The highest BCUT2D eigenvalue weighted by atomic mass is 16.5. The Kier molecular flexibility index (Phi) is 16.2. The summed E-state index contributed by atoms with van der Waals surface area (Å²) >= 11 is 0. The number of carboxylic acid groups (broad SMARTS) is 1. The van der Waals surface area contributed by atoms with E-state index in [-0.39, 0.29) is 41.4 Å². The number of carboxylic acids is 1. The van der Waals surface area contributed by atoms with Crippen LogP contribution >= 0.6 is 0 Å². The summed E-state index contributed by atoms with van der Waals surface area (Å²) < 4.78 is 10.00. The minimum atomic E-state index is -0.726. The Morgan fingerprint density at radius 3 is 1.73 bits per heavy atom. The van der Waals surface area contributed by atoms with Crippen LogP contribution in [0.1, 0.15) is 64.0 Å². The Bertz CT molecular complexity index is 1110. The van der Waals surface area contributed by atoms with Gasteiger partial charge in [0.15, 0.2) is 34.6 Å². The molecular weight excluding hydrogens is 526 g/mol. The third kappa shape index (κ3) is 13.2. The standard InChI is InChI=1S/C21H20O6.C11H23NO2/c1-26-20-11-14(5-9-18(20)24)3-7-16(22)13-17(23)8-4-15-6-10-19(25)21(12-15)27-2;1-4-6-7-8-12-10(11(13)14)9(3)5-2/h3-12,24-25H,13H2,1-2H3;9-10,12H,4-8H2,1-3H3,(H,13,14)/b7-3+,8-4+;. The van der Waals surface area contributed by atoms with Gasteiger partial charge in [-0.3, -0.25) is 14.4 Å². The summed E-state index contributed by atoms with van der Waals surface area (Å²) in [6.45, 7) is 6.96. The van der Waals surface area contributed by atoms with Crippen molar-refractivity contribution in [3.8, 4) is 23.0 Å². The zero-order valence-corrected chi connectivity index (χ0v) is 24.6. The third-order valence-electron chi connectivity index (χ3n) is 6.30. The maximum atomic E-state index is 11.9. The van der Waals surface area contributed by atoms with Gasteiger partial charge in [-0.2, -0.15) is 0 Å². The second kappa shape index (κ2) is 19.0. The van der Waals surface area contributed by atoms with Gasteiger partial charge in [-0.25, -0.2) is 0 Å². The lowest BCUT2D eigenvalue weighted by atomic mass is 9.99. The van der Waals surface area contributed by atoms with E-state index in [1.165, 1.54) is 51.3 Å². The average Bonchev–Trinajstić information content (AvgIpc) is 2.96. The Morgan fingerprint density at radius 1 is 0.854 bits per heavy atom. The number of aromatic hydroxyl groups is 2. The average molecular weight is 570 g/mol. The van der Waals surface area contributed by atoms with Gasteiger partial charge in [0.2, 0.25) is 0 Å². The molecule has 2 aromatic carbocycles. The summed E-state index contributed by atoms with van der Waals surface area (Å²) in [5.41, 5.74) is 1.33. The molecule has 0 saturated carbocycles. The zero-order chi connectivity index (χ0) is 30.8. The van der Waals surface area contributed by atoms with E-state index in [1.54, 1.807) is 36.4 Å². The predicted molar refractivity (Wildman–Crippen MR) is 160 cm³/mol. The van der Waals surface area contributed by atoms with E-state index in [9.17, 15) is 24.6 Å². The van der Waals surface area contributed by atoms with Crippen molar-refractivity contribution in [1.82, 2.24) is 5.32 Å². The minimum absolute atomic E-state index is 0.00662. The number of phenolic OH excluding ortho intramolecular Hbond substituents is 2. The van der Waals surface area contributed by atoms with Gasteiger partial charge in [-0.1, -0.05) is 64.3 Å². The van der Waals surface area contributed by atoms with Crippen molar-refractivity contribution in [2.24, 2.45) is 5.92 Å². The van der Waals surface area contributed by atoms with Gasteiger partial charge < -0.3 is 30.1 Å². The Morgan fingerprint density at radius 2 is 1.34 bits per heavy atom. The number of unbranched alkanes of at least 4 members (excludes halogenated alkanes) is 2. The van der Waals surface area contributed by atoms with E-state index in [0.717, 1.165) is 19.4 Å². The number of carbonyl (C=O) groups excluding carboxylic acids is 2. The largest absolute Gasteiger partial charge is 0.504 e. The molecule has 41 heavy (non-hydrogen) atoms. The number of nitrogens with one attached hydrogen (secondary N) is 1. The van der Waals surface area contributed by atoms with Crippen molar-refractivity contribution in [3.63, 3.8) is 0 Å². The number of aliphatic carboxylic acids is 1. The summed E-state index contributed by atoms with van der Waals surface area (Å²) in [5, 5.41) is 31.2. The van der Waals surface area contributed by atoms with Crippen LogP contribution in [0.4, 0.5) is 0 Å². The third-order valence-corrected chi connectivity index (χ3v) is 6.30. The fourth-order valence-corrected chi connectivity index (χ4v) is 3.66. The molecule has 2 aromatic rings. The van der Waals surface area contributed by atoms with E-state index in [0.29, 0.717) is 22.6 Å². The van der Waals surface area contributed by atoms with Crippen molar-refractivity contribution in [2.75, 3.05) is 20.8 Å². The lowest BCUT2D eigenvalue weighted by Gasteiger charge is -2.19. The van der Waals surface area contributed by atoms with Crippen molar-refractivity contribution in [2.45, 2.75) is 58.9 Å². The first kappa shape index (κ1) is 34.9. The van der Waals surface area contributed by atoms with Crippen LogP contribution in [0, 0.1) is 5.92 Å². The molecule has 4 N–H and O–H groups in total. The number of rotatable bonds is 16. The number of methoxy groups -OCH3 is 2. The fraction of sp³-hybridized carbons (Fsp3) is 0.406. The molecule has 0 saturated heterocycles. The molecule has 0 aromatic heterocycles. The number of carbonyl (C=O) groups is 3. The van der Waals surface area contributed by atoms with Gasteiger partial charge in [-0.15, -0.1) is 0 Å². The second-order valence-electron chi connectivity index (χ2n) is 9.50. The molecule has 2 rings (SSSR count). The number of benzene rings is 2. The smallest absolute Gasteiger partial charge is 0.320 e. The number of ether oxygens (including phenoxy) is 2. The fourth-order valence-electron chi connectivity index (χ4n) is 3.66. The van der Waals surface area contributed by atoms with Crippen LogP contribution < -0.4 is 14.8 Å². The maximum Gasteiger partial charge on any atom is 0.320 e. The van der Waals surface area contributed by atoms with Crippen LogP contribution in [0.15, 0.2) is 48.6 Å². The highest BCUT2D eigenvalue weighted by Crippen LogP contribution is 2.27. The quantitative estimate of drug-likeness (QED) is 0.115. The zero-order valence-electron chi connectivity index (χ0n) is 24.6. The normalized spacial score (nSPS) is 12.4. The molecule has 0 aliphatic rings. The molecule has 0 bridgehead atoms. The van der Waals surface area contributed by atoms with Crippen LogP contribution in [-0.2, 0) is 14.4 Å². The van der Waals surface area contributed by atoms with E-state index in [4.69, 9.17) is 14.6 Å². The molecule has 9 nitrogen and oxygen atoms in total. The number of allylic oxidation sites excluding steroid dienone is 2. The van der Waals surface area contributed by atoms with Crippen molar-refractivity contribution in [3.05, 3.63) is 59.7 Å². The van der Waals surface area contributed by atoms with Gasteiger partial charge >= 0.3 is 5.97 Å². The molecule has 0 amide bonds. The van der Waals surface area contributed by atoms with E-state index >= 15 is 0 Å². The molecular formula is C32H43NO8. The SMILES string of the molecule is CCCCCNC(C(=O)O)C(C)CC.COc1cc(/C=C/C(=O)CC(=O)/C=C/c2ccc(O)c(OC)c2)ccc1O. The van der Waals surface area contributed by atoms with Gasteiger partial charge in [-0.05, 0) is 66.4 Å². The molecule has 2 atom stereocenters. The second-order valence-corrected chi connectivity index (χ2v) is 9.50. The topological polar surface area (TPSA) is 142 Å². The van der Waals surface area contributed by atoms with Crippen LogP contribution in [0.2, 0.25) is 0 Å². The van der Waals surface area contributed by atoms with Gasteiger partial charge in [0.1, 0.15) is 6.04 Å². The molecule has 0 spiro atoms. The monoisotopic (exact) mass is 569 g/mol. The summed E-state index contributed by atoms with van der Waals surface area (Å²) in [4.78, 5) is 34.8. The molecule has 9 heteroatoms. The van der Waals surface area contributed by atoms with Crippen LogP contribution in [0.3, 0.4) is 0 Å². The summed E-state index contributed by atoms with van der Waals surface area (Å²) in [6, 6.07) is 8.96. The van der Waals surface area contributed by atoms with Crippen LogP contribution in [0.5, 0.6) is 23.0 Å². The molecule has 224 valence electrons. The highest BCUT2D eigenvalue weighted by Gasteiger charge is 2.22. The number of phenols is 2. The molecule has 0 fully saturated rings. The van der Waals surface area contributed by atoms with E-state index in [2.05, 4.69) is 12.2 Å². The Labute approximate surface area is 242 Å². The van der Waals surface area contributed by atoms with Crippen LogP contribution in [0.25, 0.3) is 12.2 Å². The maximum absolute atomic E-state index is 11.9. The van der Waals surface area contributed by atoms with Crippen LogP contribution in [-0.4, -0.2) is 59.7 Å². The highest BCUT2D eigenvalue weighted by molar-refractivity contribution is 6.10. The minimum Gasteiger partial charge on any atom is -0.504 e. The molecule has 0 aliphatic heterocycles. The predicted octanol–water partition coefficient (Wildman–Crippen LogP) is 5.64. The first-order chi connectivity index (χ1) is 19.6. The van der Waals surface area contributed by atoms with Gasteiger partial charge in [0, 0.05) is 0 Å². The van der Waals surface area contributed by atoms with E-state index < -0.39 is 5.97 Å². The number of hydrogen-bond acceptors (Lipinski definition) is 8. The first-order valence-corrected chi connectivity index (χ1v) is 13.7. The van der Waals surface area contributed by atoms with Gasteiger partial charge in [0.05, 0.1) is 20.6 Å². The number of ketones is 2. The Balaban J connectivity index is 0.000000509. The summed E-state index contributed by atoms with van der Waals surface area (Å²) in [7, 11) is 2.87. The van der Waals surface area contributed by atoms with Crippen molar-refractivity contribution in [1.29, 1.82) is 0 Å². The molecule has 0 heterocycles. The molecule has 0 radical (unpaired) electrons. The number of hydrogen-bond donors (Lipinski definition) is 4. The Hall–Kier alpha value is -4.11. The van der Waals surface area contributed by atoms with Crippen molar-refractivity contribution >= 4 is 29.7 Å². The van der Waals surface area contributed by atoms with E-state index in [1.807, 2.05) is 13.8 Å².